The highest BCUT2D eigenvalue weighted by atomic mass is 35.5. The van der Waals surface area contributed by atoms with E-state index in [9.17, 15) is 0 Å². The Morgan fingerprint density at radius 1 is 1.11 bits per heavy atom. The number of alkyl halides is 2. The molecule has 1 atom stereocenters. The summed E-state index contributed by atoms with van der Waals surface area (Å²) >= 11 is 18.2. The zero-order valence-electron chi connectivity index (χ0n) is 9.96. The second-order valence-electron chi connectivity index (χ2n) is 5.18. The quantitative estimate of drug-likeness (QED) is 0.512. The Bertz CT molecular complexity index is 452. The molecule has 3 rings (SSSR count). The molecule has 0 radical (unpaired) electrons. The van der Waals surface area contributed by atoms with E-state index in [4.69, 9.17) is 39.5 Å². The summed E-state index contributed by atoms with van der Waals surface area (Å²) in [5.74, 6) is 0.609. The van der Waals surface area contributed by atoms with Gasteiger partial charge >= 0.3 is 0 Å². The minimum Gasteiger partial charge on any atom is -0.330 e. The summed E-state index contributed by atoms with van der Waals surface area (Å²) < 4.78 is 4.14. The first-order chi connectivity index (χ1) is 8.58. The van der Waals surface area contributed by atoms with Gasteiger partial charge in [-0.1, -0.05) is 66.2 Å². The first-order valence-corrected chi connectivity index (χ1v) is 7.56. The highest BCUT2D eigenvalue weighted by Crippen LogP contribution is 2.56. The van der Waals surface area contributed by atoms with Crippen LogP contribution in [0.4, 0.5) is 0 Å². The highest BCUT2D eigenvalue weighted by Gasteiger charge is 2.55. The fourth-order valence-electron chi connectivity index (χ4n) is 2.84. The van der Waals surface area contributed by atoms with Gasteiger partial charge in [-0.3, -0.25) is 0 Å². The van der Waals surface area contributed by atoms with E-state index in [1.807, 2.05) is 12.1 Å². The lowest BCUT2D eigenvalue weighted by atomic mass is 9.84. The summed E-state index contributed by atoms with van der Waals surface area (Å²) in [4.78, 5) is 0. The van der Waals surface area contributed by atoms with Gasteiger partial charge in [-0.05, 0) is 36.0 Å². The van der Waals surface area contributed by atoms with Crippen molar-refractivity contribution in [2.75, 3.05) is 0 Å². The van der Waals surface area contributed by atoms with Crippen LogP contribution < -0.4 is 0 Å². The number of hydrogen-bond donors (Lipinski definition) is 0. The number of rotatable bonds is 2. The zero-order valence-corrected chi connectivity index (χ0v) is 12.2. The average Bonchev–Trinajstić information content (AvgIpc) is 2.99. The van der Waals surface area contributed by atoms with Crippen LogP contribution in [0.2, 0.25) is 5.02 Å². The molecule has 98 valence electrons. The number of benzene rings is 1. The van der Waals surface area contributed by atoms with Crippen molar-refractivity contribution in [3.8, 4) is 0 Å². The Morgan fingerprint density at radius 2 is 1.78 bits per heavy atom. The first kappa shape index (κ1) is 13.1. The van der Waals surface area contributed by atoms with Crippen LogP contribution in [0.1, 0.15) is 55.3 Å². The van der Waals surface area contributed by atoms with Gasteiger partial charge in [-0.2, -0.15) is 0 Å². The van der Waals surface area contributed by atoms with Crippen molar-refractivity contribution in [1.29, 1.82) is 0 Å². The lowest BCUT2D eigenvalue weighted by molar-refractivity contribution is 0.392. The molecule has 0 spiro atoms. The monoisotopic (exact) mass is 304 g/mol. The Hall–Kier alpha value is 0.0500. The van der Waals surface area contributed by atoms with Gasteiger partial charge in [0, 0.05) is 5.02 Å². The third-order valence-corrected chi connectivity index (χ3v) is 4.80. The molecule has 2 fully saturated rings. The summed E-state index contributed by atoms with van der Waals surface area (Å²) in [5, 5.41) is 0.819. The van der Waals surface area contributed by atoms with E-state index in [-0.39, 0.29) is 6.10 Å². The maximum absolute atomic E-state index is 6.39. The molecular weight excluding hydrogens is 291 g/mol. The Kier molecular flexibility index (Phi) is 3.53. The molecule has 1 heterocycles. The minimum atomic E-state index is -1.06. The SMILES string of the molecule is Clc1cc(C2OC2(Cl)Cl)ccc1C1CCCCC1. The van der Waals surface area contributed by atoms with E-state index in [1.165, 1.54) is 37.7 Å². The third-order valence-electron chi connectivity index (χ3n) is 3.90. The molecule has 0 amide bonds. The van der Waals surface area contributed by atoms with E-state index in [1.54, 1.807) is 0 Å². The first-order valence-electron chi connectivity index (χ1n) is 6.43. The molecule has 4 heteroatoms. The largest absolute Gasteiger partial charge is 0.330 e. The van der Waals surface area contributed by atoms with Gasteiger partial charge < -0.3 is 4.74 Å². The van der Waals surface area contributed by atoms with Crippen LogP contribution >= 0.6 is 34.8 Å². The maximum Gasteiger partial charge on any atom is 0.249 e. The van der Waals surface area contributed by atoms with Crippen molar-refractivity contribution in [2.24, 2.45) is 0 Å². The predicted octanol–water partition coefficient (Wildman–Crippen LogP) is 5.59. The van der Waals surface area contributed by atoms with E-state index in [0.29, 0.717) is 5.92 Å². The van der Waals surface area contributed by atoms with Gasteiger partial charge in [0.05, 0.1) is 0 Å². The minimum absolute atomic E-state index is 0.237. The van der Waals surface area contributed by atoms with Crippen LogP contribution in [0.25, 0.3) is 0 Å². The molecule has 1 saturated heterocycles. The summed E-state index contributed by atoms with van der Waals surface area (Å²) in [5.41, 5.74) is 2.22. The molecule has 1 unspecified atom stereocenters. The van der Waals surface area contributed by atoms with Gasteiger partial charge in [-0.25, -0.2) is 0 Å². The van der Waals surface area contributed by atoms with Crippen LogP contribution in [0, 0.1) is 0 Å². The van der Waals surface area contributed by atoms with Crippen molar-refractivity contribution in [3.05, 3.63) is 34.3 Å². The fraction of sp³-hybridized carbons (Fsp3) is 0.571. The van der Waals surface area contributed by atoms with E-state index in [0.717, 1.165) is 10.6 Å². The summed E-state index contributed by atoms with van der Waals surface area (Å²) in [6.07, 6.45) is 6.21. The zero-order chi connectivity index (χ0) is 12.8. The van der Waals surface area contributed by atoms with Gasteiger partial charge in [0.25, 0.3) is 0 Å². The number of hydrogen-bond acceptors (Lipinski definition) is 1. The molecule has 0 bridgehead atoms. The van der Waals surface area contributed by atoms with E-state index >= 15 is 0 Å². The number of halogens is 3. The second-order valence-corrected chi connectivity index (χ2v) is 6.90. The van der Waals surface area contributed by atoms with Crippen molar-refractivity contribution in [2.45, 2.75) is 48.6 Å². The molecule has 2 aliphatic rings. The molecule has 0 N–H and O–H groups in total. The standard InChI is InChI=1S/C14H15Cl3O/c15-12-8-10(13-14(16,17)18-13)6-7-11(12)9-4-2-1-3-5-9/h6-9,13H,1-5H2. The Morgan fingerprint density at radius 3 is 2.33 bits per heavy atom. The molecule has 1 nitrogen and oxygen atoms in total. The van der Waals surface area contributed by atoms with Crippen LogP contribution in [-0.4, -0.2) is 4.52 Å². The van der Waals surface area contributed by atoms with Crippen molar-refractivity contribution in [3.63, 3.8) is 0 Å². The molecule has 1 saturated carbocycles. The summed E-state index contributed by atoms with van der Waals surface area (Å²) in [7, 11) is 0. The molecular formula is C14H15Cl3O. The average molecular weight is 306 g/mol. The van der Waals surface area contributed by atoms with Gasteiger partial charge in [0.2, 0.25) is 4.52 Å². The Balaban J connectivity index is 1.81. The summed E-state index contributed by atoms with van der Waals surface area (Å²) in [6.45, 7) is 0. The molecule has 1 aliphatic carbocycles. The topological polar surface area (TPSA) is 12.5 Å². The third kappa shape index (κ3) is 2.51. The van der Waals surface area contributed by atoms with Crippen molar-refractivity contribution >= 4 is 34.8 Å². The van der Waals surface area contributed by atoms with Gasteiger partial charge in [-0.15, -0.1) is 0 Å². The molecule has 0 aromatic heterocycles. The molecule has 18 heavy (non-hydrogen) atoms. The number of ether oxygens (including phenoxy) is 1. The normalized spacial score (nSPS) is 27.2. The predicted molar refractivity (Wildman–Crippen MR) is 75.5 cm³/mol. The van der Waals surface area contributed by atoms with Crippen LogP contribution in [0.15, 0.2) is 18.2 Å². The molecule has 1 aromatic carbocycles. The van der Waals surface area contributed by atoms with Gasteiger partial charge in [0.15, 0.2) is 0 Å². The van der Waals surface area contributed by atoms with E-state index < -0.39 is 4.52 Å². The lowest BCUT2D eigenvalue weighted by Gasteiger charge is -2.23. The van der Waals surface area contributed by atoms with Gasteiger partial charge in [0.1, 0.15) is 6.10 Å². The lowest BCUT2D eigenvalue weighted by Crippen LogP contribution is -2.05. The van der Waals surface area contributed by atoms with Crippen LogP contribution in [-0.2, 0) is 4.74 Å². The van der Waals surface area contributed by atoms with Crippen LogP contribution in [0.3, 0.4) is 0 Å². The number of epoxide rings is 1. The fourth-order valence-corrected chi connectivity index (χ4v) is 3.61. The second kappa shape index (κ2) is 4.86. The van der Waals surface area contributed by atoms with Crippen molar-refractivity contribution < 1.29 is 4.74 Å². The smallest absolute Gasteiger partial charge is 0.249 e. The summed E-state index contributed by atoms with van der Waals surface area (Å²) in [6, 6.07) is 6.09. The molecule has 1 aliphatic heterocycles. The van der Waals surface area contributed by atoms with Crippen molar-refractivity contribution in [1.82, 2.24) is 0 Å². The Labute approximate surface area is 122 Å². The molecule has 1 aromatic rings. The van der Waals surface area contributed by atoms with Crippen LogP contribution in [0.5, 0.6) is 0 Å². The van der Waals surface area contributed by atoms with E-state index in [2.05, 4.69) is 6.07 Å². The maximum atomic E-state index is 6.39. The highest BCUT2D eigenvalue weighted by molar-refractivity contribution is 6.49.